The van der Waals surface area contributed by atoms with Gasteiger partial charge in [0, 0.05) is 19.2 Å². The van der Waals surface area contributed by atoms with Crippen molar-refractivity contribution in [3.63, 3.8) is 0 Å². The SMILES string of the molecule is CCN(C)CCNc1cc(Br)c(F)cc1N. The van der Waals surface area contributed by atoms with Gasteiger partial charge in [-0.15, -0.1) is 0 Å². The van der Waals surface area contributed by atoms with Crippen molar-refractivity contribution in [2.75, 3.05) is 37.7 Å². The van der Waals surface area contributed by atoms with Crippen LogP contribution < -0.4 is 11.1 Å². The van der Waals surface area contributed by atoms with E-state index in [1.54, 1.807) is 6.07 Å². The van der Waals surface area contributed by atoms with Gasteiger partial charge in [-0.25, -0.2) is 4.39 Å². The Balaban J connectivity index is 2.57. The minimum Gasteiger partial charge on any atom is -0.397 e. The van der Waals surface area contributed by atoms with Crippen LogP contribution >= 0.6 is 15.9 Å². The molecule has 1 rings (SSSR count). The van der Waals surface area contributed by atoms with Crippen LogP contribution in [0.3, 0.4) is 0 Å². The Kier molecular flexibility index (Phi) is 5.02. The van der Waals surface area contributed by atoms with E-state index in [4.69, 9.17) is 5.73 Å². The highest BCUT2D eigenvalue weighted by atomic mass is 79.9. The highest BCUT2D eigenvalue weighted by molar-refractivity contribution is 9.10. The normalized spacial score (nSPS) is 10.8. The summed E-state index contributed by atoms with van der Waals surface area (Å²) < 4.78 is 13.5. The maximum Gasteiger partial charge on any atom is 0.139 e. The Morgan fingerprint density at radius 1 is 1.50 bits per heavy atom. The van der Waals surface area contributed by atoms with Gasteiger partial charge in [0.2, 0.25) is 0 Å². The van der Waals surface area contributed by atoms with E-state index in [1.165, 1.54) is 6.07 Å². The second-order valence-electron chi connectivity index (χ2n) is 3.68. The molecule has 0 spiro atoms. The molecule has 0 saturated carbocycles. The zero-order chi connectivity index (χ0) is 12.1. The summed E-state index contributed by atoms with van der Waals surface area (Å²) in [6, 6.07) is 2.98. The summed E-state index contributed by atoms with van der Waals surface area (Å²) in [6.07, 6.45) is 0. The minimum absolute atomic E-state index is 0.339. The molecular weight excluding hydrogens is 273 g/mol. The molecule has 1 aromatic carbocycles. The molecule has 0 bridgehead atoms. The van der Waals surface area contributed by atoms with Crippen molar-refractivity contribution in [2.24, 2.45) is 0 Å². The quantitative estimate of drug-likeness (QED) is 0.819. The molecule has 0 heterocycles. The van der Waals surface area contributed by atoms with Gasteiger partial charge >= 0.3 is 0 Å². The number of halogens is 2. The molecular formula is C11H17BrFN3. The molecule has 5 heteroatoms. The maximum atomic E-state index is 13.1. The summed E-state index contributed by atoms with van der Waals surface area (Å²) in [4.78, 5) is 2.18. The van der Waals surface area contributed by atoms with Gasteiger partial charge in [-0.05, 0) is 35.6 Å². The summed E-state index contributed by atoms with van der Waals surface area (Å²) in [7, 11) is 2.05. The first kappa shape index (κ1) is 13.3. The standard InChI is InChI=1S/C11H17BrFN3/c1-3-16(2)5-4-15-11-6-8(12)9(13)7-10(11)14/h6-7,15H,3-5,14H2,1-2H3. The van der Waals surface area contributed by atoms with Crippen molar-refractivity contribution in [2.45, 2.75) is 6.92 Å². The predicted octanol–water partition coefficient (Wildman–Crippen LogP) is 2.53. The van der Waals surface area contributed by atoms with Crippen molar-refractivity contribution in [3.05, 3.63) is 22.4 Å². The summed E-state index contributed by atoms with van der Waals surface area (Å²) in [5.74, 6) is -0.339. The molecule has 0 aliphatic rings. The highest BCUT2D eigenvalue weighted by Gasteiger charge is 2.05. The molecule has 1 aromatic rings. The van der Waals surface area contributed by atoms with Crippen LogP contribution in [0.5, 0.6) is 0 Å². The molecule has 90 valence electrons. The van der Waals surface area contributed by atoms with Gasteiger partial charge in [0.05, 0.1) is 15.8 Å². The fourth-order valence-corrected chi connectivity index (χ4v) is 1.60. The number of nitrogens with one attached hydrogen (secondary N) is 1. The Bertz CT molecular complexity index is 357. The van der Waals surface area contributed by atoms with E-state index in [-0.39, 0.29) is 5.82 Å². The summed E-state index contributed by atoms with van der Waals surface area (Å²) in [5.41, 5.74) is 6.89. The third-order valence-corrected chi connectivity index (χ3v) is 3.05. The van der Waals surface area contributed by atoms with Crippen LogP contribution in [0.4, 0.5) is 15.8 Å². The number of likely N-dealkylation sites (N-methyl/N-ethyl adjacent to an activating group) is 1. The minimum atomic E-state index is -0.339. The number of hydrogen-bond donors (Lipinski definition) is 2. The Morgan fingerprint density at radius 2 is 2.19 bits per heavy atom. The van der Waals surface area contributed by atoms with Gasteiger partial charge in [-0.1, -0.05) is 6.92 Å². The van der Waals surface area contributed by atoms with Crippen LogP contribution in [0, 0.1) is 5.82 Å². The number of nitrogens with two attached hydrogens (primary N) is 1. The summed E-state index contributed by atoms with van der Waals surface area (Å²) >= 11 is 3.13. The monoisotopic (exact) mass is 289 g/mol. The van der Waals surface area contributed by atoms with Crippen LogP contribution in [0.1, 0.15) is 6.92 Å². The van der Waals surface area contributed by atoms with E-state index in [9.17, 15) is 4.39 Å². The van der Waals surface area contributed by atoms with E-state index < -0.39 is 0 Å². The Hall–Kier alpha value is -0.810. The van der Waals surface area contributed by atoms with E-state index in [0.717, 1.165) is 25.3 Å². The smallest absolute Gasteiger partial charge is 0.139 e. The van der Waals surface area contributed by atoms with Gasteiger partial charge in [0.15, 0.2) is 0 Å². The first-order chi connectivity index (χ1) is 7.54. The van der Waals surface area contributed by atoms with Gasteiger partial charge in [0.25, 0.3) is 0 Å². The molecule has 0 unspecified atom stereocenters. The fraction of sp³-hybridized carbons (Fsp3) is 0.455. The lowest BCUT2D eigenvalue weighted by Crippen LogP contribution is -2.24. The molecule has 0 amide bonds. The van der Waals surface area contributed by atoms with Crippen molar-refractivity contribution in [1.29, 1.82) is 0 Å². The van der Waals surface area contributed by atoms with Crippen LogP contribution in [0.2, 0.25) is 0 Å². The largest absolute Gasteiger partial charge is 0.397 e. The second kappa shape index (κ2) is 6.06. The van der Waals surface area contributed by atoms with E-state index in [0.29, 0.717) is 10.2 Å². The first-order valence-electron chi connectivity index (χ1n) is 5.21. The third kappa shape index (κ3) is 3.64. The van der Waals surface area contributed by atoms with Crippen molar-refractivity contribution < 1.29 is 4.39 Å². The molecule has 0 aromatic heterocycles. The summed E-state index contributed by atoms with van der Waals surface area (Å²) in [6.45, 7) is 4.81. The lowest BCUT2D eigenvalue weighted by atomic mass is 10.2. The maximum absolute atomic E-state index is 13.1. The number of rotatable bonds is 5. The van der Waals surface area contributed by atoms with Gasteiger partial charge in [-0.2, -0.15) is 0 Å². The number of hydrogen-bond acceptors (Lipinski definition) is 3. The Labute approximate surface area is 104 Å². The fourth-order valence-electron chi connectivity index (χ4n) is 1.25. The zero-order valence-corrected chi connectivity index (χ0v) is 11.1. The molecule has 16 heavy (non-hydrogen) atoms. The molecule has 0 aliphatic heterocycles. The van der Waals surface area contributed by atoms with Gasteiger partial charge < -0.3 is 16.0 Å². The Morgan fingerprint density at radius 3 is 2.81 bits per heavy atom. The first-order valence-corrected chi connectivity index (χ1v) is 6.00. The van der Waals surface area contributed by atoms with Crippen LogP contribution in [-0.4, -0.2) is 31.6 Å². The molecule has 0 aliphatic carbocycles. The average Bonchev–Trinajstić information content (AvgIpc) is 2.25. The van der Waals surface area contributed by atoms with E-state index in [2.05, 4.69) is 33.1 Å². The molecule has 0 atom stereocenters. The lowest BCUT2D eigenvalue weighted by Gasteiger charge is -2.15. The van der Waals surface area contributed by atoms with Crippen molar-refractivity contribution in [1.82, 2.24) is 4.90 Å². The third-order valence-electron chi connectivity index (χ3n) is 2.44. The molecule has 3 N–H and O–H groups in total. The average molecular weight is 290 g/mol. The van der Waals surface area contributed by atoms with Gasteiger partial charge in [-0.3, -0.25) is 0 Å². The highest BCUT2D eigenvalue weighted by Crippen LogP contribution is 2.26. The van der Waals surface area contributed by atoms with Crippen molar-refractivity contribution >= 4 is 27.3 Å². The van der Waals surface area contributed by atoms with E-state index >= 15 is 0 Å². The van der Waals surface area contributed by atoms with Crippen LogP contribution in [0.15, 0.2) is 16.6 Å². The van der Waals surface area contributed by atoms with Crippen molar-refractivity contribution in [3.8, 4) is 0 Å². The number of benzene rings is 1. The zero-order valence-electron chi connectivity index (χ0n) is 9.56. The number of nitrogens with zero attached hydrogens (tertiary/aromatic N) is 1. The molecule has 0 radical (unpaired) electrons. The summed E-state index contributed by atoms with van der Waals surface area (Å²) in [5, 5.41) is 3.18. The number of anilines is 2. The second-order valence-corrected chi connectivity index (χ2v) is 4.53. The van der Waals surface area contributed by atoms with Crippen LogP contribution in [-0.2, 0) is 0 Å². The lowest BCUT2D eigenvalue weighted by molar-refractivity contribution is 0.367. The topological polar surface area (TPSA) is 41.3 Å². The van der Waals surface area contributed by atoms with E-state index in [1.807, 2.05) is 7.05 Å². The predicted molar refractivity (Wildman–Crippen MR) is 70.2 cm³/mol. The number of nitrogen functional groups attached to an aromatic ring is 1. The molecule has 0 fully saturated rings. The van der Waals surface area contributed by atoms with Crippen LogP contribution in [0.25, 0.3) is 0 Å². The molecule has 3 nitrogen and oxygen atoms in total. The molecule has 0 saturated heterocycles. The van der Waals surface area contributed by atoms with Gasteiger partial charge in [0.1, 0.15) is 5.82 Å².